The molecule has 3 rings (SSSR count). The van der Waals surface area contributed by atoms with E-state index in [9.17, 15) is 9.59 Å². The van der Waals surface area contributed by atoms with Crippen LogP contribution < -0.4 is 10.2 Å². The van der Waals surface area contributed by atoms with Gasteiger partial charge >= 0.3 is 0 Å². The van der Waals surface area contributed by atoms with Gasteiger partial charge in [-0.1, -0.05) is 61.0 Å². The van der Waals surface area contributed by atoms with Crippen LogP contribution in [0.1, 0.15) is 24.8 Å². The third kappa shape index (κ3) is 5.57. The Balaban J connectivity index is 1.43. The Morgan fingerprint density at radius 2 is 1.71 bits per heavy atom. The van der Waals surface area contributed by atoms with Crippen LogP contribution in [0.4, 0.5) is 5.69 Å². The van der Waals surface area contributed by atoms with E-state index in [1.807, 2.05) is 35.2 Å². The maximum atomic E-state index is 12.6. The van der Waals surface area contributed by atoms with Crippen molar-refractivity contribution in [2.75, 3.05) is 38.0 Å². The van der Waals surface area contributed by atoms with Gasteiger partial charge in [0.25, 0.3) is 5.91 Å². The lowest BCUT2D eigenvalue weighted by Gasteiger charge is -2.32. The van der Waals surface area contributed by atoms with Crippen LogP contribution in [-0.2, 0) is 9.59 Å². The first kappa shape index (κ1) is 20.4. The molecule has 2 aromatic rings. The maximum absolute atomic E-state index is 12.6. The number of hydrogen-bond donors (Lipinski definition) is 2. The first-order valence-electron chi connectivity index (χ1n) is 9.73. The molecule has 0 spiro atoms. The van der Waals surface area contributed by atoms with Crippen LogP contribution >= 0.6 is 11.6 Å². The minimum atomic E-state index is -0.0550. The van der Waals surface area contributed by atoms with Crippen molar-refractivity contribution in [1.82, 2.24) is 4.90 Å². The monoisotopic (exact) mass is 400 g/mol. The van der Waals surface area contributed by atoms with E-state index in [1.54, 1.807) is 12.1 Å². The van der Waals surface area contributed by atoms with Crippen LogP contribution in [0.3, 0.4) is 0 Å². The molecule has 5 nitrogen and oxygen atoms in total. The number of hydrogen-bond acceptors (Lipinski definition) is 2. The number of nitrogens with zero attached hydrogens (tertiary/aromatic N) is 1. The van der Waals surface area contributed by atoms with Crippen molar-refractivity contribution in [2.24, 2.45) is 0 Å². The van der Waals surface area contributed by atoms with Crippen LogP contribution in [0.15, 0.2) is 54.6 Å². The summed E-state index contributed by atoms with van der Waals surface area (Å²) in [5, 5.41) is 3.40. The maximum Gasteiger partial charge on any atom is 0.279 e. The molecule has 0 saturated carbocycles. The van der Waals surface area contributed by atoms with Crippen LogP contribution in [0.5, 0.6) is 0 Å². The van der Waals surface area contributed by atoms with Gasteiger partial charge in [-0.2, -0.15) is 0 Å². The molecule has 0 aliphatic carbocycles. The third-order valence-corrected chi connectivity index (χ3v) is 5.56. The second-order valence-electron chi connectivity index (χ2n) is 7.35. The number of para-hydroxylation sites is 1. The average Bonchev–Trinajstić information content (AvgIpc) is 2.71. The summed E-state index contributed by atoms with van der Waals surface area (Å²) in [5.41, 5.74) is 1.83. The van der Waals surface area contributed by atoms with Crippen molar-refractivity contribution in [2.45, 2.75) is 19.3 Å². The molecule has 0 bridgehead atoms. The van der Waals surface area contributed by atoms with E-state index in [0.717, 1.165) is 13.1 Å². The second-order valence-corrected chi connectivity index (χ2v) is 7.76. The molecule has 2 aromatic carbocycles. The third-order valence-electron chi connectivity index (χ3n) is 5.23. The number of amides is 2. The summed E-state index contributed by atoms with van der Waals surface area (Å²) in [7, 11) is 0. The quantitative estimate of drug-likeness (QED) is 0.781. The first-order chi connectivity index (χ1) is 13.5. The van der Waals surface area contributed by atoms with Crippen LogP contribution in [0.2, 0.25) is 5.02 Å². The largest absolute Gasteiger partial charge is 0.331 e. The van der Waals surface area contributed by atoms with Crippen LogP contribution in [-0.4, -0.2) is 49.4 Å². The summed E-state index contributed by atoms with van der Waals surface area (Å²) in [5.74, 6) is 0.344. The number of carbonyl (C=O) groups is 2. The smallest absolute Gasteiger partial charge is 0.279 e. The van der Waals surface area contributed by atoms with Gasteiger partial charge in [-0.25, -0.2) is 0 Å². The predicted molar refractivity (Wildman–Crippen MR) is 112 cm³/mol. The lowest BCUT2D eigenvalue weighted by molar-refractivity contribution is -0.895. The fourth-order valence-corrected chi connectivity index (χ4v) is 3.71. The number of piperazine rings is 1. The van der Waals surface area contributed by atoms with Gasteiger partial charge in [0.15, 0.2) is 6.54 Å². The molecule has 0 aromatic heterocycles. The predicted octanol–water partition coefficient (Wildman–Crippen LogP) is 2.20. The first-order valence-corrected chi connectivity index (χ1v) is 10.1. The fraction of sp³-hybridized carbons (Fsp3) is 0.364. The van der Waals surface area contributed by atoms with Gasteiger partial charge in [-0.3, -0.25) is 9.59 Å². The van der Waals surface area contributed by atoms with E-state index in [2.05, 4.69) is 24.4 Å². The summed E-state index contributed by atoms with van der Waals surface area (Å²) >= 11 is 6.09. The second kappa shape index (κ2) is 9.71. The van der Waals surface area contributed by atoms with Gasteiger partial charge < -0.3 is 15.1 Å². The highest BCUT2D eigenvalue weighted by Crippen LogP contribution is 2.20. The van der Waals surface area contributed by atoms with Gasteiger partial charge in [0.1, 0.15) is 0 Å². The minimum Gasteiger partial charge on any atom is -0.331 e. The summed E-state index contributed by atoms with van der Waals surface area (Å²) in [4.78, 5) is 28.0. The van der Waals surface area contributed by atoms with Gasteiger partial charge in [0, 0.05) is 6.42 Å². The highest BCUT2D eigenvalue weighted by molar-refractivity contribution is 6.33. The Labute approximate surface area is 171 Å². The van der Waals surface area contributed by atoms with Crippen molar-refractivity contribution in [3.05, 3.63) is 65.2 Å². The van der Waals surface area contributed by atoms with Crippen molar-refractivity contribution in [1.29, 1.82) is 0 Å². The zero-order valence-corrected chi connectivity index (χ0v) is 16.9. The lowest BCUT2D eigenvalue weighted by Crippen LogP contribution is -3.15. The van der Waals surface area contributed by atoms with Crippen molar-refractivity contribution in [3.8, 4) is 0 Å². The molecule has 0 unspecified atom stereocenters. The number of carbonyl (C=O) groups excluding carboxylic acids is 2. The molecule has 1 saturated heterocycles. The number of nitrogens with one attached hydrogen (secondary N) is 2. The number of benzene rings is 2. The Kier molecular flexibility index (Phi) is 7.06. The van der Waals surface area contributed by atoms with Gasteiger partial charge in [-0.05, 0) is 23.6 Å². The van der Waals surface area contributed by atoms with E-state index in [4.69, 9.17) is 11.6 Å². The highest BCUT2D eigenvalue weighted by atomic mass is 35.5. The standard InChI is InChI=1S/C22H26ClN3O2/c1-17(18-7-3-2-4-8-18)15-22(28)26-13-11-25(12-14-26)16-21(27)24-20-10-6-5-9-19(20)23/h2-10,17H,11-16H2,1H3,(H,24,27)/p+1/t17-/m1/s1. The zero-order valence-electron chi connectivity index (χ0n) is 16.2. The van der Waals surface area contributed by atoms with E-state index >= 15 is 0 Å². The Morgan fingerprint density at radius 1 is 1.07 bits per heavy atom. The van der Waals surface area contributed by atoms with Crippen LogP contribution in [0.25, 0.3) is 0 Å². The molecular formula is C22H27ClN3O2+. The molecule has 1 fully saturated rings. The number of anilines is 1. The zero-order chi connectivity index (χ0) is 19.9. The van der Waals surface area contributed by atoms with E-state index in [1.165, 1.54) is 10.5 Å². The van der Waals surface area contributed by atoms with Crippen molar-refractivity contribution >= 4 is 29.1 Å². The molecule has 6 heteroatoms. The minimum absolute atomic E-state index is 0.0550. The fourth-order valence-electron chi connectivity index (χ4n) is 3.52. The Morgan fingerprint density at radius 3 is 2.39 bits per heavy atom. The molecule has 1 aliphatic heterocycles. The summed E-state index contributed by atoms with van der Waals surface area (Å²) in [6, 6.07) is 17.4. The number of halogens is 1. The van der Waals surface area contributed by atoms with Gasteiger partial charge in [-0.15, -0.1) is 0 Å². The Bertz CT molecular complexity index is 804. The topological polar surface area (TPSA) is 53.9 Å². The molecular weight excluding hydrogens is 374 g/mol. The van der Waals surface area contributed by atoms with E-state index in [-0.39, 0.29) is 17.7 Å². The molecule has 1 aliphatic rings. The molecule has 28 heavy (non-hydrogen) atoms. The van der Waals surface area contributed by atoms with Gasteiger partial charge in [0.05, 0.1) is 36.9 Å². The van der Waals surface area contributed by atoms with E-state index in [0.29, 0.717) is 36.8 Å². The van der Waals surface area contributed by atoms with E-state index < -0.39 is 0 Å². The Hall–Kier alpha value is -2.37. The number of quaternary nitrogens is 1. The molecule has 1 atom stereocenters. The van der Waals surface area contributed by atoms with Gasteiger partial charge in [0.2, 0.25) is 5.91 Å². The molecule has 148 valence electrons. The van der Waals surface area contributed by atoms with Crippen molar-refractivity contribution < 1.29 is 14.5 Å². The number of rotatable bonds is 6. The molecule has 0 radical (unpaired) electrons. The van der Waals surface area contributed by atoms with Crippen LogP contribution in [0, 0.1) is 0 Å². The summed E-state index contributed by atoms with van der Waals surface area (Å²) in [6.45, 7) is 5.41. The SMILES string of the molecule is C[C@H](CC(=O)N1CC[NH+](CC(=O)Nc2ccccc2Cl)CC1)c1ccccc1. The normalized spacial score (nSPS) is 15.9. The molecule has 2 amide bonds. The summed E-state index contributed by atoms with van der Waals surface area (Å²) in [6.07, 6.45) is 0.520. The lowest BCUT2D eigenvalue weighted by atomic mass is 9.97. The highest BCUT2D eigenvalue weighted by Gasteiger charge is 2.26. The molecule has 2 N–H and O–H groups in total. The summed E-state index contributed by atoms with van der Waals surface area (Å²) < 4.78 is 0. The average molecular weight is 401 g/mol. The molecule has 1 heterocycles. The van der Waals surface area contributed by atoms with Crippen molar-refractivity contribution in [3.63, 3.8) is 0 Å².